The van der Waals surface area contributed by atoms with Gasteiger partial charge in [-0.15, -0.1) is 0 Å². The number of hydrogen-bond donors (Lipinski definition) is 0. The number of benzene rings is 4. The Morgan fingerprint density at radius 3 is 1.57 bits per heavy atom. The Bertz CT molecular complexity index is 1760. The Balaban J connectivity index is 0.00000240. The van der Waals surface area contributed by atoms with Crippen LogP contribution in [-0.2, 0) is 21.3 Å². The molecule has 0 spiro atoms. The maximum absolute atomic E-state index is 4.11. The second kappa shape index (κ2) is 14.5. The fourth-order valence-corrected chi connectivity index (χ4v) is 16.7. The molecule has 0 nitrogen and oxygen atoms in total. The SMILES string of the molecule is C=Cc1ccc2c(c1)-c1cc(C=C)ccc1[CH]2[Zr+2]([C]1=CC(C(C)(C)C)=CC1CC)=[C](c1ccc(C)cc1)c1ccc(C)cc1.[Cl-].[Cl-]. The van der Waals surface area contributed by atoms with Gasteiger partial charge in [-0.2, -0.15) is 0 Å². The van der Waals surface area contributed by atoms with E-state index in [0.29, 0.717) is 9.54 Å². The van der Waals surface area contributed by atoms with Crippen molar-refractivity contribution in [1.29, 1.82) is 0 Å². The summed E-state index contributed by atoms with van der Waals surface area (Å²) in [6.45, 7) is 22.1. The zero-order chi connectivity index (χ0) is 31.2. The van der Waals surface area contributed by atoms with Crippen molar-refractivity contribution in [3.05, 3.63) is 164 Å². The maximum atomic E-state index is 4.11. The van der Waals surface area contributed by atoms with E-state index < -0.39 is 21.3 Å². The predicted molar refractivity (Wildman–Crippen MR) is 189 cm³/mol. The van der Waals surface area contributed by atoms with Crippen molar-refractivity contribution in [1.82, 2.24) is 0 Å². The molecule has 0 heterocycles. The fraction of sp³-hybridized carbons (Fsp3) is 0.233. The van der Waals surface area contributed by atoms with E-state index in [9.17, 15) is 0 Å². The van der Waals surface area contributed by atoms with Crippen LogP contribution in [0.15, 0.2) is 119 Å². The van der Waals surface area contributed by atoms with Gasteiger partial charge in [0.05, 0.1) is 0 Å². The number of hydrogen-bond acceptors (Lipinski definition) is 0. The van der Waals surface area contributed by atoms with Crippen molar-refractivity contribution >= 4 is 15.4 Å². The summed E-state index contributed by atoms with van der Waals surface area (Å²) in [5, 5.41) is 0. The molecule has 46 heavy (non-hydrogen) atoms. The molecule has 0 bridgehead atoms. The summed E-state index contributed by atoms with van der Waals surface area (Å²) in [5.74, 6) is 0.469. The second-order valence-corrected chi connectivity index (χ2v) is 19.6. The summed E-state index contributed by atoms with van der Waals surface area (Å²) >= 11 is -2.85. The molecule has 234 valence electrons. The summed E-state index contributed by atoms with van der Waals surface area (Å²) < 4.78 is 3.69. The summed E-state index contributed by atoms with van der Waals surface area (Å²) in [7, 11) is 0. The van der Waals surface area contributed by atoms with Crippen molar-refractivity contribution in [2.45, 2.75) is 51.6 Å². The van der Waals surface area contributed by atoms with Crippen LogP contribution in [0.5, 0.6) is 0 Å². The van der Waals surface area contributed by atoms with Gasteiger partial charge in [-0.05, 0) is 0 Å². The molecular formula is C43H44Cl2Zr. The molecule has 0 saturated heterocycles. The van der Waals surface area contributed by atoms with Crippen LogP contribution < -0.4 is 24.8 Å². The van der Waals surface area contributed by atoms with Gasteiger partial charge in [-0.1, -0.05) is 0 Å². The maximum Gasteiger partial charge on any atom is -1.00 e. The minimum Gasteiger partial charge on any atom is -1.00 e. The van der Waals surface area contributed by atoms with Crippen LogP contribution in [0.4, 0.5) is 0 Å². The van der Waals surface area contributed by atoms with Crippen LogP contribution in [0.25, 0.3) is 23.3 Å². The van der Waals surface area contributed by atoms with Crippen molar-refractivity contribution in [3.8, 4) is 11.1 Å². The third kappa shape index (κ3) is 6.76. The van der Waals surface area contributed by atoms with Crippen LogP contribution in [-0.4, -0.2) is 3.21 Å². The van der Waals surface area contributed by atoms with Crippen molar-refractivity contribution < 1.29 is 46.1 Å². The summed E-state index contributed by atoms with van der Waals surface area (Å²) in [6.07, 6.45) is 10.3. The average molecular weight is 723 g/mol. The molecule has 6 rings (SSSR count). The molecule has 0 aliphatic heterocycles. The Morgan fingerprint density at radius 2 is 1.17 bits per heavy atom. The van der Waals surface area contributed by atoms with Gasteiger partial charge in [0, 0.05) is 0 Å². The van der Waals surface area contributed by atoms with Gasteiger partial charge >= 0.3 is 274 Å². The van der Waals surface area contributed by atoms with E-state index in [1.54, 1.807) is 6.49 Å². The zero-order valence-electron chi connectivity index (χ0n) is 27.9. The molecule has 0 radical (unpaired) electrons. The summed E-state index contributed by atoms with van der Waals surface area (Å²) in [5.41, 5.74) is 15.0. The molecule has 0 fully saturated rings. The summed E-state index contributed by atoms with van der Waals surface area (Å²) in [4.78, 5) is 0. The second-order valence-electron chi connectivity index (χ2n) is 13.5. The van der Waals surface area contributed by atoms with Gasteiger partial charge in [-0.25, -0.2) is 0 Å². The minimum atomic E-state index is -2.85. The van der Waals surface area contributed by atoms with Crippen molar-refractivity contribution in [2.75, 3.05) is 0 Å². The molecule has 0 aromatic heterocycles. The van der Waals surface area contributed by atoms with Crippen molar-refractivity contribution in [2.24, 2.45) is 11.3 Å². The number of fused-ring (bicyclic) bond motifs is 3. The van der Waals surface area contributed by atoms with Crippen LogP contribution in [0.3, 0.4) is 0 Å². The molecule has 4 aromatic carbocycles. The number of halogens is 2. The van der Waals surface area contributed by atoms with Gasteiger partial charge < -0.3 is 24.8 Å². The van der Waals surface area contributed by atoms with Gasteiger partial charge in [0.1, 0.15) is 0 Å². The average Bonchev–Trinajstić information content (AvgIpc) is 3.60. The van der Waals surface area contributed by atoms with Crippen LogP contribution in [0.1, 0.15) is 82.2 Å². The Hall–Kier alpha value is -2.83. The van der Waals surface area contributed by atoms with Gasteiger partial charge in [0.2, 0.25) is 0 Å². The first-order valence-electron chi connectivity index (χ1n) is 16.0. The predicted octanol–water partition coefficient (Wildman–Crippen LogP) is 5.45. The Labute approximate surface area is 297 Å². The topological polar surface area (TPSA) is 0 Å². The van der Waals surface area contributed by atoms with E-state index in [0.717, 1.165) is 6.42 Å². The molecule has 4 aromatic rings. The van der Waals surface area contributed by atoms with E-state index in [1.165, 1.54) is 61.2 Å². The number of aryl methyl sites for hydroxylation is 2. The molecule has 1 unspecified atom stereocenters. The van der Waals surface area contributed by atoms with Crippen LogP contribution >= 0.6 is 0 Å². The first kappa shape index (κ1) is 36.0. The molecule has 2 aliphatic carbocycles. The summed E-state index contributed by atoms with van der Waals surface area (Å²) in [6, 6.07) is 32.9. The largest absolute Gasteiger partial charge is 1.00 e. The molecule has 0 saturated carbocycles. The minimum absolute atomic E-state index is 0. The number of rotatable bonds is 7. The Kier molecular flexibility index (Phi) is 11.4. The standard InChI is InChI=1S/C17H13.C15H14.C11H17.2ClH.Zr/c1-3-12-5-7-14-11-15-8-6-13(4-2)10-17(15)16(14)9-12;1-12-3-7-14(8-4-12)11-15-9-5-13(2)6-10-15;1-5-9-6-7-10(8-9)11(2,3)4;;;/h3-11H,1-2H2;3-10H,1-2H3;7-9H,5H2,1-4H3;2*1H;/q;;;;;+2/p-2. The third-order valence-electron chi connectivity index (χ3n) is 9.48. The molecule has 0 N–H and O–H groups in total. The van der Waals surface area contributed by atoms with Gasteiger partial charge in [0.25, 0.3) is 0 Å². The molecule has 3 heteroatoms. The zero-order valence-corrected chi connectivity index (χ0v) is 31.9. The van der Waals surface area contributed by atoms with E-state index >= 15 is 0 Å². The fourth-order valence-electron chi connectivity index (χ4n) is 6.93. The first-order chi connectivity index (χ1) is 21.1. The van der Waals surface area contributed by atoms with E-state index in [2.05, 4.69) is 152 Å². The van der Waals surface area contributed by atoms with Crippen molar-refractivity contribution in [3.63, 3.8) is 0 Å². The smallest absolute Gasteiger partial charge is 1.00 e. The third-order valence-corrected chi connectivity index (χ3v) is 18.0. The van der Waals surface area contributed by atoms with Crippen LogP contribution in [0.2, 0.25) is 0 Å². The molecule has 0 amide bonds. The molecule has 2 aliphatic rings. The van der Waals surface area contributed by atoms with E-state index in [-0.39, 0.29) is 30.2 Å². The van der Waals surface area contributed by atoms with Gasteiger partial charge in [0.15, 0.2) is 0 Å². The van der Waals surface area contributed by atoms with Gasteiger partial charge in [-0.3, -0.25) is 0 Å². The monoisotopic (exact) mass is 720 g/mol. The van der Waals surface area contributed by atoms with E-state index in [4.69, 9.17) is 0 Å². The number of allylic oxidation sites excluding steroid dienone is 4. The first-order valence-corrected chi connectivity index (χ1v) is 19.9. The molecule has 1 atom stereocenters. The normalized spacial score (nSPS) is 14.8. The quantitative estimate of drug-likeness (QED) is 0.238. The van der Waals surface area contributed by atoms with Crippen LogP contribution in [0, 0.1) is 25.2 Å². The van der Waals surface area contributed by atoms with E-state index in [1.807, 2.05) is 12.2 Å². The Morgan fingerprint density at radius 1 is 0.717 bits per heavy atom. The molecular weight excluding hydrogens is 679 g/mol.